The Hall–Kier alpha value is -0.0800. The monoisotopic (exact) mass is 250 g/mol. The van der Waals surface area contributed by atoms with Crippen molar-refractivity contribution in [3.8, 4) is 0 Å². The average molecular weight is 250 g/mol. The number of hydrogen-bond donors (Lipinski definition) is 1. The Balaban J connectivity index is 1.38. The van der Waals surface area contributed by atoms with Crippen LogP contribution in [0.4, 0.5) is 0 Å². The number of nitrogens with zero attached hydrogens (tertiary/aromatic N) is 1. The van der Waals surface area contributed by atoms with Gasteiger partial charge in [-0.3, -0.25) is 0 Å². The van der Waals surface area contributed by atoms with Crippen molar-refractivity contribution in [2.24, 2.45) is 23.7 Å². The summed E-state index contributed by atoms with van der Waals surface area (Å²) >= 11 is 0. The van der Waals surface area contributed by atoms with E-state index in [-0.39, 0.29) is 0 Å². The second-order valence-electron chi connectivity index (χ2n) is 7.36. The zero-order valence-corrected chi connectivity index (χ0v) is 12.2. The van der Waals surface area contributed by atoms with Crippen molar-refractivity contribution in [1.82, 2.24) is 10.2 Å². The summed E-state index contributed by atoms with van der Waals surface area (Å²) in [5.41, 5.74) is 0. The van der Waals surface area contributed by atoms with Gasteiger partial charge in [-0.1, -0.05) is 13.8 Å². The fraction of sp³-hybridized carbons (Fsp3) is 1.00. The van der Waals surface area contributed by atoms with Crippen molar-refractivity contribution in [2.75, 3.05) is 26.2 Å². The van der Waals surface area contributed by atoms with Gasteiger partial charge in [-0.05, 0) is 55.8 Å². The van der Waals surface area contributed by atoms with E-state index in [1.165, 1.54) is 58.3 Å². The highest BCUT2D eigenvalue weighted by Crippen LogP contribution is 2.44. The lowest BCUT2D eigenvalue weighted by Gasteiger charge is -2.35. The van der Waals surface area contributed by atoms with Gasteiger partial charge in [0.1, 0.15) is 0 Å². The SMILES string of the molecule is CC1CC(C)CN(CCNC(C2CC2)C2CC2)C1. The van der Waals surface area contributed by atoms with Gasteiger partial charge in [0.2, 0.25) is 0 Å². The Kier molecular flexibility index (Phi) is 3.95. The molecule has 0 aromatic rings. The molecule has 104 valence electrons. The van der Waals surface area contributed by atoms with Crippen molar-refractivity contribution in [3.05, 3.63) is 0 Å². The Morgan fingerprint density at radius 1 is 1.00 bits per heavy atom. The molecule has 0 aromatic heterocycles. The number of hydrogen-bond acceptors (Lipinski definition) is 2. The van der Waals surface area contributed by atoms with Gasteiger partial charge in [-0.25, -0.2) is 0 Å². The lowest BCUT2D eigenvalue weighted by Crippen LogP contribution is -2.44. The van der Waals surface area contributed by atoms with Gasteiger partial charge in [0.15, 0.2) is 0 Å². The first-order valence-corrected chi connectivity index (χ1v) is 8.18. The van der Waals surface area contributed by atoms with E-state index in [2.05, 4.69) is 24.1 Å². The molecule has 2 unspecified atom stereocenters. The molecule has 2 aliphatic carbocycles. The van der Waals surface area contributed by atoms with E-state index in [0.717, 1.165) is 29.7 Å². The molecule has 0 aromatic carbocycles. The first-order chi connectivity index (χ1) is 8.72. The number of rotatable bonds is 6. The molecule has 0 bridgehead atoms. The third-order valence-electron chi connectivity index (χ3n) is 5.01. The molecular weight excluding hydrogens is 220 g/mol. The molecule has 0 amide bonds. The first kappa shape index (κ1) is 12.9. The van der Waals surface area contributed by atoms with Crippen LogP contribution in [-0.2, 0) is 0 Å². The van der Waals surface area contributed by atoms with E-state index >= 15 is 0 Å². The van der Waals surface area contributed by atoms with E-state index in [1.807, 2.05) is 0 Å². The molecule has 1 saturated heterocycles. The molecule has 0 spiro atoms. The van der Waals surface area contributed by atoms with Crippen molar-refractivity contribution in [2.45, 2.75) is 52.0 Å². The summed E-state index contributed by atoms with van der Waals surface area (Å²) in [6, 6.07) is 0.879. The Labute approximate surface area is 113 Å². The van der Waals surface area contributed by atoms with Crippen LogP contribution in [0, 0.1) is 23.7 Å². The zero-order valence-electron chi connectivity index (χ0n) is 12.2. The minimum absolute atomic E-state index is 0.879. The maximum absolute atomic E-state index is 3.88. The maximum Gasteiger partial charge on any atom is 0.0124 e. The van der Waals surface area contributed by atoms with Gasteiger partial charge in [-0.2, -0.15) is 0 Å². The maximum atomic E-state index is 3.88. The van der Waals surface area contributed by atoms with Crippen LogP contribution >= 0.6 is 0 Å². The number of piperidine rings is 1. The van der Waals surface area contributed by atoms with Gasteiger partial charge in [0.25, 0.3) is 0 Å². The van der Waals surface area contributed by atoms with Crippen LogP contribution in [0.3, 0.4) is 0 Å². The lowest BCUT2D eigenvalue weighted by molar-refractivity contribution is 0.140. The Morgan fingerprint density at radius 2 is 1.56 bits per heavy atom. The van der Waals surface area contributed by atoms with Crippen LogP contribution in [0.15, 0.2) is 0 Å². The van der Waals surface area contributed by atoms with E-state index < -0.39 is 0 Å². The van der Waals surface area contributed by atoms with Crippen LogP contribution in [0.5, 0.6) is 0 Å². The molecule has 3 rings (SSSR count). The number of likely N-dealkylation sites (tertiary alicyclic amines) is 1. The van der Waals surface area contributed by atoms with E-state index in [1.54, 1.807) is 0 Å². The molecule has 2 nitrogen and oxygen atoms in total. The predicted molar refractivity (Wildman–Crippen MR) is 76.6 cm³/mol. The van der Waals surface area contributed by atoms with Gasteiger partial charge in [0, 0.05) is 32.2 Å². The van der Waals surface area contributed by atoms with Gasteiger partial charge < -0.3 is 10.2 Å². The molecule has 18 heavy (non-hydrogen) atoms. The minimum atomic E-state index is 0.879. The quantitative estimate of drug-likeness (QED) is 0.780. The summed E-state index contributed by atoms with van der Waals surface area (Å²) in [7, 11) is 0. The highest BCUT2D eigenvalue weighted by Gasteiger charge is 2.40. The van der Waals surface area contributed by atoms with E-state index in [9.17, 15) is 0 Å². The normalized spacial score (nSPS) is 34.2. The Bertz CT molecular complexity index is 248. The van der Waals surface area contributed by atoms with Crippen molar-refractivity contribution < 1.29 is 0 Å². The smallest absolute Gasteiger partial charge is 0.0124 e. The second kappa shape index (κ2) is 5.50. The molecule has 1 N–H and O–H groups in total. The molecule has 1 heterocycles. The van der Waals surface area contributed by atoms with Crippen LogP contribution in [-0.4, -0.2) is 37.1 Å². The van der Waals surface area contributed by atoms with Crippen molar-refractivity contribution in [3.63, 3.8) is 0 Å². The fourth-order valence-electron chi connectivity index (χ4n) is 3.99. The zero-order chi connectivity index (χ0) is 12.5. The van der Waals surface area contributed by atoms with E-state index in [0.29, 0.717) is 0 Å². The van der Waals surface area contributed by atoms with E-state index in [4.69, 9.17) is 0 Å². The highest BCUT2D eigenvalue weighted by molar-refractivity contribution is 4.96. The van der Waals surface area contributed by atoms with Gasteiger partial charge in [-0.15, -0.1) is 0 Å². The summed E-state index contributed by atoms with van der Waals surface area (Å²) in [5.74, 6) is 3.88. The van der Waals surface area contributed by atoms with Crippen molar-refractivity contribution >= 4 is 0 Å². The molecular formula is C16H30N2. The Morgan fingerprint density at radius 3 is 2.06 bits per heavy atom. The molecule has 2 heteroatoms. The largest absolute Gasteiger partial charge is 0.312 e. The molecule has 3 aliphatic rings. The standard InChI is InChI=1S/C16H30N2/c1-12-9-13(2)11-18(10-12)8-7-17-16(14-3-4-14)15-5-6-15/h12-17H,3-11H2,1-2H3. The first-order valence-electron chi connectivity index (χ1n) is 8.18. The van der Waals surface area contributed by atoms with Crippen LogP contribution in [0.2, 0.25) is 0 Å². The summed E-state index contributed by atoms with van der Waals surface area (Å²) < 4.78 is 0. The molecule has 2 saturated carbocycles. The summed E-state index contributed by atoms with van der Waals surface area (Å²) in [4.78, 5) is 2.68. The third-order valence-corrected chi connectivity index (χ3v) is 5.01. The number of nitrogens with one attached hydrogen (secondary N) is 1. The topological polar surface area (TPSA) is 15.3 Å². The molecule has 1 aliphatic heterocycles. The summed E-state index contributed by atoms with van der Waals surface area (Å²) in [5, 5.41) is 3.88. The predicted octanol–water partition coefficient (Wildman–Crippen LogP) is 2.74. The molecule has 2 atom stereocenters. The highest BCUT2D eigenvalue weighted by atomic mass is 15.2. The van der Waals surface area contributed by atoms with Gasteiger partial charge >= 0.3 is 0 Å². The van der Waals surface area contributed by atoms with Crippen molar-refractivity contribution in [1.29, 1.82) is 0 Å². The minimum Gasteiger partial charge on any atom is -0.312 e. The summed E-state index contributed by atoms with van der Waals surface area (Å²) in [6.07, 6.45) is 7.40. The molecule has 3 fully saturated rings. The lowest BCUT2D eigenvalue weighted by atomic mass is 9.92. The van der Waals surface area contributed by atoms with Crippen LogP contribution in [0.25, 0.3) is 0 Å². The third kappa shape index (κ3) is 3.48. The summed E-state index contributed by atoms with van der Waals surface area (Å²) in [6.45, 7) is 9.95. The van der Waals surface area contributed by atoms with Crippen LogP contribution in [0.1, 0.15) is 46.0 Å². The fourth-order valence-corrected chi connectivity index (χ4v) is 3.99. The van der Waals surface area contributed by atoms with Gasteiger partial charge in [0.05, 0.1) is 0 Å². The molecule has 0 radical (unpaired) electrons. The van der Waals surface area contributed by atoms with Crippen LogP contribution < -0.4 is 5.32 Å². The second-order valence-corrected chi connectivity index (χ2v) is 7.36. The average Bonchev–Trinajstić information content (AvgIpc) is 3.14.